The number of phenols is 1. The molecular formula is C9H8BrNOS. The number of alkyl halides is 1. The maximum absolute atomic E-state index is 9.72. The summed E-state index contributed by atoms with van der Waals surface area (Å²) in [5.74, 6) is 0.202. The van der Waals surface area contributed by atoms with E-state index >= 15 is 0 Å². The first-order chi connectivity index (χ1) is 6.24. The third-order valence-electron chi connectivity index (χ3n) is 1.96. The Morgan fingerprint density at radius 3 is 2.92 bits per heavy atom. The average Bonchev–Trinajstić information content (AvgIpc) is 2.55. The number of phenolic OH excluding ortho intramolecular Hbond substituents is 1. The van der Waals surface area contributed by atoms with E-state index in [1.807, 2.05) is 11.4 Å². The van der Waals surface area contributed by atoms with Crippen LogP contribution < -0.4 is 5.73 Å². The number of thiophene rings is 1. The second-order valence-corrected chi connectivity index (χ2v) is 4.24. The maximum atomic E-state index is 9.72. The summed E-state index contributed by atoms with van der Waals surface area (Å²) in [7, 11) is 0. The van der Waals surface area contributed by atoms with Crippen LogP contribution in [0.4, 0.5) is 5.69 Å². The van der Waals surface area contributed by atoms with E-state index < -0.39 is 0 Å². The van der Waals surface area contributed by atoms with Crippen LogP contribution in [0.5, 0.6) is 5.75 Å². The molecule has 0 aliphatic carbocycles. The zero-order valence-electron chi connectivity index (χ0n) is 6.75. The monoisotopic (exact) mass is 257 g/mol. The molecule has 13 heavy (non-hydrogen) atoms. The number of aromatic hydroxyl groups is 1. The Balaban J connectivity index is 2.85. The van der Waals surface area contributed by atoms with Crippen LogP contribution in [0.15, 0.2) is 17.5 Å². The fourth-order valence-electron chi connectivity index (χ4n) is 1.29. The summed E-state index contributed by atoms with van der Waals surface area (Å²) in [4.78, 5) is 0. The maximum Gasteiger partial charge on any atom is 0.147 e. The second kappa shape index (κ2) is 3.20. The van der Waals surface area contributed by atoms with Crippen LogP contribution in [0.2, 0.25) is 0 Å². The zero-order chi connectivity index (χ0) is 9.42. The van der Waals surface area contributed by atoms with Gasteiger partial charge in [0.2, 0.25) is 0 Å². The van der Waals surface area contributed by atoms with Crippen molar-refractivity contribution in [1.82, 2.24) is 0 Å². The highest BCUT2D eigenvalue weighted by atomic mass is 79.9. The van der Waals surface area contributed by atoms with Crippen molar-refractivity contribution < 1.29 is 5.11 Å². The van der Waals surface area contributed by atoms with Crippen molar-refractivity contribution >= 4 is 43.0 Å². The highest BCUT2D eigenvalue weighted by Gasteiger charge is 2.09. The average molecular weight is 258 g/mol. The number of nitrogens with two attached hydrogens (primary N) is 1. The number of hydrogen-bond acceptors (Lipinski definition) is 3. The summed E-state index contributed by atoms with van der Waals surface area (Å²) in [6, 6.07) is 3.66. The summed E-state index contributed by atoms with van der Waals surface area (Å²) in [5.41, 5.74) is 7.13. The molecule has 0 saturated carbocycles. The smallest absolute Gasteiger partial charge is 0.147 e. The van der Waals surface area contributed by atoms with E-state index in [0.717, 1.165) is 21.0 Å². The van der Waals surface area contributed by atoms with Gasteiger partial charge in [0, 0.05) is 15.4 Å². The Hall–Kier alpha value is -0.740. The van der Waals surface area contributed by atoms with Crippen molar-refractivity contribution in [2.75, 3.05) is 5.73 Å². The van der Waals surface area contributed by atoms with E-state index in [9.17, 15) is 5.11 Å². The number of rotatable bonds is 1. The fraction of sp³-hybridized carbons (Fsp3) is 0.111. The lowest BCUT2D eigenvalue weighted by Crippen LogP contribution is -1.85. The van der Waals surface area contributed by atoms with Gasteiger partial charge in [-0.15, -0.1) is 11.3 Å². The molecule has 0 amide bonds. The van der Waals surface area contributed by atoms with Gasteiger partial charge in [-0.2, -0.15) is 0 Å². The van der Waals surface area contributed by atoms with Gasteiger partial charge in [0.25, 0.3) is 0 Å². The lowest BCUT2D eigenvalue weighted by Gasteiger charge is -2.01. The Bertz CT molecular complexity index is 452. The van der Waals surface area contributed by atoms with Gasteiger partial charge in [-0.1, -0.05) is 15.9 Å². The van der Waals surface area contributed by atoms with Gasteiger partial charge in [-0.05, 0) is 23.1 Å². The largest absolute Gasteiger partial charge is 0.505 e. The first-order valence-corrected chi connectivity index (χ1v) is 5.77. The molecule has 4 heteroatoms. The fourth-order valence-corrected chi connectivity index (χ4v) is 2.91. The topological polar surface area (TPSA) is 46.2 Å². The van der Waals surface area contributed by atoms with Gasteiger partial charge in [0.05, 0.1) is 5.69 Å². The summed E-state index contributed by atoms with van der Waals surface area (Å²) in [5, 5.41) is 13.4. The summed E-state index contributed by atoms with van der Waals surface area (Å²) in [6.07, 6.45) is 0. The van der Waals surface area contributed by atoms with Crippen LogP contribution in [0.3, 0.4) is 0 Å². The Morgan fingerprint density at radius 1 is 1.46 bits per heavy atom. The van der Waals surface area contributed by atoms with Crippen LogP contribution >= 0.6 is 27.3 Å². The Kier molecular flexibility index (Phi) is 2.17. The molecule has 0 aliphatic rings. The molecule has 0 unspecified atom stereocenters. The predicted octanol–water partition coefficient (Wildman–Crippen LogP) is 3.08. The number of fused-ring (bicyclic) bond motifs is 1. The molecule has 0 atom stereocenters. The number of anilines is 1. The molecule has 0 fully saturated rings. The molecule has 2 nitrogen and oxygen atoms in total. The minimum atomic E-state index is 0.202. The van der Waals surface area contributed by atoms with Crippen molar-refractivity contribution in [3.63, 3.8) is 0 Å². The lowest BCUT2D eigenvalue weighted by atomic mass is 10.1. The first kappa shape index (κ1) is 8.84. The number of nitrogen functional groups attached to an aromatic ring is 1. The number of halogens is 1. The van der Waals surface area contributed by atoms with Gasteiger partial charge in [0.1, 0.15) is 5.75 Å². The van der Waals surface area contributed by atoms with Crippen molar-refractivity contribution in [1.29, 1.82) is 0 Å². The number of benzene rings is 1. The molecule has 0 aliphatic heterocycles. The van der Waals surface area contributed by atoms with E-state index in [-0.39, 0.29) is 5.75 Å². The molecule has 0 radical (unpaired) electrons. The van der Waals surface area contributed by atoms with Crippen LogP contribution in [-0.4, -0.2) is 5.11 Å². The van der Waals surface area contributed by atoms with E-state index in [1.54, 1.807) is 17.4 Å². The predicted molar refractivity (Wildman–Crippen MR) is 60.5 cm³/mol. The highest BCUT2D eigenvalue weighted by molar-refractivity contribution is 9.08. The van der Waals surface area contributed by atoms with Crippen molar-refractivity contribution in [2.45, 2.75) is 5.33 Å². The molecule has 2 aromatic rings. The third kappa shape index (κ3) is 1.30. The first-order valence-electron chi connectivity index (χ1n) is 3.77. The third-order valence-corrected chi connectivity index (χ3v) is 3.56. The van der Waals surface area contributed by atoms with Gasteiger partial charge >= 0.3 is 0 Å². The van der Waals surface area contributed by atoms with Crippen LogP contribution in [0.25, 0.3) is 10.1 Å². The van der Waals surface area contributed by atoms with Gasteiger partial charge in [0.15, 0.2) is 0 Å². The van der Waals surface area contributed by atoms with Crippen LogP contribution in [-0.2, 0) is 5.33 Å². The quantitative estimate of drug-likeness (QED) is 0.469. The Labute approximate surface area is 88.1 Å². The normalized spacial score (nSPS) is 10.8. The summed E-state index contributed by atoms with van der Waals surface area (Å²) in [6.45, 7) is 0. The standard InChI is InChI=1S/C9H8BrNOS/c10-3-5-4-13-7-2-1-6(11)9(12)8(5)7/h1-2,4,12H,3,11H2. The van der Waals surface area contributed by atoms with Crippen molar-refractivity contribution in [2.24, 2.45) is 0 Å². The molecule has 2 rings (SSSR count). The molecule has 3 N–H and O–H groups in total. The molecule has 0 bridgehead atoms. The van der Waals surface area contributed by atoms with Crippen LogP contribution in [0.1, 0.15) is 5.56 Å². The SMILES string of the molecule is Nc1ccc2scc(CBr)c2c1O. The number of hydrogen-bond donors (Lipinski definition) is 2. The highest BCUT2D eigenvalue weighted by Crippen LogP contribution is 2.37. The molecule has 1 heterocycles. The van der Waals surface area contributed by atoms with Crippen molar-refractivity contribution in [3.8, 4) is 5.75 Å². The Morgan fingerprint density at radius 2 is 2.23 bits per heavy atom. The van der Waals surface area contributed by atoms with Gasteiger partial charge < -0.3 is 10.8 Å². The second-order valence-electron chi connectivity index (χ2n) is 2.77. The van der Waals surface area contributed by atoms with E-state index in [1.165, 1.54) is 0 Å². The van der Waals surface area contributed by atoms with E-state index in [4.69, 9.17) is 5.73 Å². The van der Waals surface area contributed by atoms with Gasteiger partial charge in [-0.3, -0.25) is 0 Å². The summed E-state index contributed by atoms with van der Waals surface area (Å²) < 4.78 is 1.07. The molecule has 0 saturated heterocycles. The molecule has 1 aromatic heterocycles. The van der Waals surface area contributed by atoms with E-state index in [2.05, 4.69) is 15.9 Å². The zero-order valence-corrected chi connectivity index (χ0v) is 9.15. The minimum Gasteiger partial charge on any atom is -0.505 e. The lowest BCUT2D eigenvalue weighted by molar-refractivity contribution is 0.484. The van der Waals surface area contributed by atoms with E-state index in [0.29, 0.717) is 5.69 Å². The molecular weight excluding hydrogens is 250 g/mol. The summed E-state index contributed by atoms with van der Waals surface area (Å²) >= 11 is 4.99. The van der Waals surface area contributed by atoms with Gasteiger partial charge in [-0.25, -0.2) is 0 Å². The minimum absolute atomic E-state index is 0.202. The van der Waals surface area contributed by atoms with Crippen LogP contribution in [0, 0.1) is 0 Å². The molecule has 0 spiro atoms. The molecule has 1 aromatic carbocycles. The van der Waals surface area contributed by atoms with Crippen molar-refractivity contribution in [3.05, 3.63) is 23.1 Å². The molecule has 68 valence electrons.